The monoisotopic (exact) mass is 272 g/mol. The molecule has 2 unspecified atom stereocenters. The molecule has 1 saturated carbocycles. The third-order valence-corrected chi connectivity index (χ3v) is 4.56. The molecule has 1 aromatic carbocycles. The summed E-state index contributed by atoms with van der Waals surface area (Å²) < 4.78 is 5.35. The van der Waals surface area contributed by atoms with Crippen LogP contribution >= 0.6 is 0 Å². The summed E-state index contributed by atoms with van der Waals surface area (Å²) in [5.74, 6) is -0.832. The summed E-state index contributed by atoms with van der Waals surface area (Å²) in [6.45, 7) is 0. The van der Waals surface area contributed by atoms with Gasteiger partial charge in [0.2, 0.25) is 0 Å². The maximum atomic E-state index is 12.1. The van der Waals surface area contributed by atoms with Crippen LogP contribution in [0.15, 0.2) is 30.3 Å². The fraction of sp³-hybridized carbons (Fsp3) is 0.529. The second-order valence-electron chi connectivity index (χ2n) is 5.94. The first kappa shape index (κ1) is 13.3. The van der Waals surface area contributed by atoms with Crippen molar-refractivity contribution in [3.8, 4) is 0 Å². The highest BCUT2D eigenvalue weighted by atomic mass is 16.6. The van der Waals surface area contributed by atoms with Gasteiger partial charge >= 0.3 is 5.97 Å². The smallest absolute Gasteiger partial charge is 0.375 e. The number of hydrogen-bond acceptors (Lipinski definition) is 3. The molecule has 1 heterocycles. The second kappa shape index (κ2) is 5.78. The summed E-state index contributed by atoms with van der Waals surface area (Å²) in [5, 5.41) is 0. The highest BCUT2D eigenvalue weighted by molar-refractivity contribution is 6.37. The molecule has 1 aliphatic heterocycles. The third kappa shape index (κ3) is 2.62. The van der Waals surface area contributed by atoms with Gasteiger partial charge in [0, 0.05) is 0 Å². The number of Topliss-reactive ketones (excluding diaryl/α,β-unsaturated/α-hetero) is 1. The topological polar surface area (TPSA) is 43.4 Å². The number of hydrogen-bond donors (Lipinski definition) is 0. The van der Waals surface area contributed by atoms with Crippen molar-refractivity contribution in [3.63, 3.8) is 0 Å². The van der Waals surface area contributed by atoms with Crippen LogP contribution in [0.2, 0.25) is 0 Å². The molecule has 0 aromatic heterocycles. The van der Waals surface area contributed by atoms with Crippen molar-refractivity contribution in [1.29, 1.82) is 0 Å². The van der Waals surface area contributed by atoms with E-state index in [1.54, 1.807) is 0 Å². The number of benzene rings is 1. The number of cyclic esters (lactones) is 1. The molecule has 0 radical (unpaired) electrons. The van der Waals surface area contributed by atoms with Crippen molar-refractivity contribution < 1.29 is 14.3 Å². The molecule has 2 fully saturated rings. The Kier molecular flexibility index (Phi) is 3.86. The lowest BCUT2D eigenvalue weighted by molar-refractivity contribution is -0.149. The van der Waals surface area contributed by atoms with Gasteiger partial charge in [0.25, 0.3) is 5.78 Å². The molecular weight excluding hydrogens is 252 g/mol. The molecule has 1 saturated heterocycles. The number of carbonyl (C=O) groups is 2. The van der Waals surface area contributed by atoms with E-state index >= 15 is 0 Å². The summed E-state index contributed by atoms with van der Waals surface area (Å²) >= 11 is 0. The van der Waals surface area contributed by atoms with Gasteiger partial charge in [-0.3, -0.25) is 4.79 Å². The summed E-state index contributed by atoms with van der Waals surface area (Å²) in [5.41, 5.74) is 0.907. The zero-order valence-corrected chi connectivity index (χ0v) is 11.6. The van der Waals surface area contributed by atoms with E-state index in [1.165, 1.54) is 32.1 Å². The Bertz CT molecular complexity index is 488. The largest absolute Gasteiger partial charge is 0.455 e. The van der Waals surface area contributed by atoms with E-state index in [1.807, 2.05) is 30.3 Å². The zero-order chi connectivity index (χ0) is 13.9. The Morgan fingerprint density at radius 2 is 1.70 bits per heavy atom. The van der Waals surface area contributed by atoms with Gasteiger partial charge in [-0.1, -0.05) is 62.4 Å². The van der Waals surface area contributed by atoms with E-state index in [-0.39, 0.29) is 11.9 Å². The first-order valence-electron chi connectivity index (χ1n) is 7.55. The SMILES string of the molecule is O=C1OC(CC2CCCCC2)C(c2ccccc2)C1=O. The van der Waals surface area contributed by atoms with Crippen molar-refractivity contribution in [1.82, 2.24) is 0 Å². The fourth-order valence-electron chi connectivity index (χ4n) is 3.52. The van der Waals surface area contributed by atoms with Crippen molar-refractivity contribution in [3.05, 3.63) is 35.9 Å². The maximum absolute atomic E-state index is 12.1. The van der Waals surface area contributed by atoms with Crippen LogP contribution < -0.4 is 0 Å². The molecule has 20 heavy (non-hydrogen) atoms. The summed E-state index contributed by atoms with van der Waals surface area (Å²) in [6.07, 6.45) is 6.79. The normalized spacial score (nSPS) is 27.6. The van der Waals surface area contributed by atoms with Gasteiger partial charge in [-0.2, -0.15) is 0 Å². The van der Waals surface area contributed by atoms with Crippen molar-refractivity contribution >= 4 is 11.8 Å². The summed E-state index contributed by atoms with van der Waals surface area (Å²) in [7, 11) is 0. The molecule has 3 nitrogen and oxygen atoms in total. The summed E-state index contributed by atoms with van der Waals surface area (Å²) in [4.78, 5) is 23.7. The predicted molar refractivity (Wildman–Crippen MR) is 75.3 cm³/mol. The Morgan fingerprint density at radius 3 is 2.40 bits per heavy atom. The molecule has 3 heteroatoms. The highest BCUT2D eigenvalue weighted by Crippen LogP contribution is 2.36. The molecule has 0 spiro atoms. The number of ketones is 1. The van der Waals surface area contributed by atoms with Crippen LogP contribution in [0.25, 0.3) is 0 Å². The first-order chi connectivity index (χ1) is 9.75. The van der Waals surface area contributed by atoms with Gasteiger partial charge in [0.15, 0.2) is 0 Å². The van der Waals surface area contributed by atoms with Crippen LogP contribution in [0.3, 0.4) is 0 Å². The average Bonchev–Trinajstić information content (AvgIpc) is 2.76. The molecule has 0 N–H and O–H groups in total. The van der Waals surface area contributed by atoms with Gasteiger partial charge in [-0.05, 0) is 17.9 Å². The number of carbonyl (C=O) groups excluding carboxylic acids is 2. The molecule has 1 aliphatic carbocycles. The summed E-state index contributed by atoms with van der Waals surface area (Å²) in [6, 6.07) is 9.56. The van der Waals surface area contributed by atoms with E-state index in [9.17, 15) is 9.59 Å². The molecule has 106 valence electrons. The Hall–Kier alpha value is -1.64. The van der Waals surface area contributed by atoms with Gasteiger partial charge in [0.05, 0.1) is 5.92 Å². The van der Waals surface area contributed by atoms with Gasteiger partial charge in [0.1, 0.15) is 6.10 Å². The van der Waals surface area contributed by atoms with E-state index in [4.69, 9.17) is 4.74 Å². The van der Waals surface area contributed by atoms with Gasteiger partial charge in [-0.25, -0.2) is 4.79 Å². The molecule has 0 bridgehead atoms. The van der Waals surface area contributed by atoms with E-state index in [0.717, 1.165) is 12.0 Å². The van der Waals surface area contributed by atoms with Gasteiger partial charge in [-0.15, -0.1) is 0 Å². The number of esters is 1. The minimum absolute atomic E-state index is 0.263. The number of ether oxygens (including phenoxy) is 1. The Morgan fingerprint density at radius 1 is 1.00 bits per heavy atom. The first-order valence-corrected chi connectivity index (χ1v) is 7.55. The molecule has 0 amide bonds. The lowest BCUT2D eigenvalue weighted by Crippen LogP contribution is -2.22. The molecule has 2 atom stereocenters. The molecule has 2 aliphatic rings. The lowest BCUT2D eigenvalue weighted by Gasteiger charge is -2.25. The molecular formula is C17H20O3. The third-order valence-electron chi connectivity index (χ3n) is 4.56. The lowest BCUT2D eigenvalue weighted by atomic mass is 9.81. The molecule has 1 aromatic rings. The van der Waals surface area contributed by atoms with Crippen LogP contribution in [-0.4, -0.2) is 17.9 Å². The van der Waals surface area contributed by atoms with Crippen molar-refractivity contribution in [2.75, 3.05) is 0 Å². The highest BCUT2D eigenvalue weighted by Gasteiger charge is 2.44. The second-order valence-corrected chi connectivity index (χ2v) is 5.94. The predicted octanol–water partition coefficient (Wildman–Crippen LogP) is 3.24. The Labute approximate surface area is 119 Å². The van der Waals surface area contributed by atoms with Crippen LogP contribution in [0, 0.1) is 5.92 Å². The zero-order valence-electron chi connectivity index (χ0n) is 11.6. The quantitative estimate of drug-likeness (QED) is 0.626. The van der Waals surface area contributed by atoms with E-state index in [0.29, 0.717) is 5.92 Å². The number of rotatable bonds is 3. The fourth-order valence-corrected chi connectivity index (χ4v) is 3.52. The van der Waals surface area contributed by atoms with E-state index in [2.05, 4.69) is 0 Å². The van der Waals surface area contributed by atoms with Crippen LogP contribution in [-0.2, 0) is 14.3 Å². The minimum atomic E-state index is -0.653. The minimum Gasteiger partial charge on any atom is -0.455 e. The standard InChI is InChI=1S/C17H20O3/c18-16-15(13-9-5-2-6-10-13)14(20-17(16)19)11-12-7-3-1-4-8-12/h2,5-6,9-10,12,14-15H,1,3-4,7-8,11H2. The van der Waals surface area contributed by atoms with Gasteiger partial charge < -0.3 is 4.74 Å². The van der Waals surface area contributed by atoms with Crippen LogP contribution in [0.4, 0.5) is 0 Å². The van der Waals surface area contributed by atoms with Crippen molar-refractivity contribution in [2.24, 2.45) is 5.92 Å². The van der Waals surface area contributed by atoms with Crippen molar-refractivity contribution in [2.45, 2.75) is 50.5 Å². The molecule has 3 rings (SSSR count). The Balaban J connectivity index is 1.77. The average molecular weight is 272 g/mol. The maximum Gasteiger partial charge on any atom is 0.375 e. The van der Waals surface area contributed by atoms with Crippen LogP contribution in [0.5, 0.6) is 0 Å². The van der Waals surface area contributed by atoms with Crippen LogP contribution in [0.1, 0.15) is 50.0 Å². The van der Waals surface area contributed by atoms with E-state index < -0.39 is 11.9 Å².